The highest BCUT2D eigenvalue weighted by Gasteiger charge is 2.27. The number of nitrogens with zero attached hydrogens (tertiary/aromatic N) is 1. The molecule has 0 aliphatic heterocycles. The van der Waals surface area contributed by atoms with E-state index in [1.165, 1.54) is 24.3 Å². The second kappa shape index (κ2) is 10.3. The molecular weight excluding hydrogens is 471 g/mol. The number of carbonyl (C=O) groups is 1. The van der Waals surface area contributed by atoms with Gasteiger partial charge < -0.3 is 10.1 Å². The Morgan fingerprint density at radius 1 is 1.00 bits per heavy atom. The number of hydrogen-bond acceptors (Lipinski definition) is 4. The Kier molecular flexibility index (Phi) is 7.66. The summed E-state index contributed by atoms with van der Waals surface area (Å²) in [4.78, 5) is 12.9. The lowest BCUT2D eigenvalue weighted by Crippen LogP contribution is -2.38. The smallest absolute Gasteiger partial charge is 0.264 e. The summed E-state index contributed by atoms with van der Waals surface area (Å²) in [5.74, 6) is 0.0842. The molecule has 3 rings (SSSR count). The summed E-state index contributed by atoms with van der Waals surface area (Å²) in [6, 6.07) is 17.4. The highest BCUT2D eigenvalue weighted by Crippen LogP contribution is 2.27. The van der Waals surface area contributed by atoms with Gasteiger partial charge in [0.1, 0.15) is 12.3 Å². The molecule has 0 aromatic heterocycles. The SMILES string of the molecule is CCOc1ccc(N(CC(=O)Nc2cccc(Cl)c2C)S(=O)(=O)c2ccc(Cl)cc2)cc1. The predicted molar refractivity (Wildman–Crippen MR) is 128 cm³/mol. The first kappa shape index (κ1) is 23.9. The van der Waals surface area contributed by atoms with Crippen LogP contribution in [0.4, 0.5) is 11.4 Å². The number of anilines is 2. The van der Waals surface area contributed by atoms with E-state index < -0.39 is 22.5 Å². The van der Waals surface area contributed by atoms with E-state index >= 15 is 0 Å². The van der Waals surface area contributed by atoms with Gasteiger partial charge in [-0.15, -0.1) is 0 Å². The van der Waals surface area contributed by atoms with Crippen molar-refractivity contribution in [3.63, 3.8) is 0 Å². The summed E-state index contributed by atoms with van der Waals surface area (Å²) >= 11 is 12.0. The standard InChI is InChI=1S/C23H22Cl2N2O4S/c1-3-31-19-11-9-18(10-12-19)27(32(29,30)20-13-7-17(24)8-14-20)15-23(28)26-22-6-4-5-21(25)16(22)2/h4-14H,3,15H2,1-2H3,(H,26,28). The Labute approximate surface area is 197 Å². The minimum atomic E-state index is -4.05. The van der Waals surface area contributed by atoms with Gasteiger partial charge in [-0.3, -0.25) is 9.10 Å². The fraction of sp³-hybridized carbons (Fsp3) is 0.174. The zero-order chi connectivity index (χ0) is 23.3. The first-order valence-electron chi connectivity index (χ1n) is 9.78. The molecule has 0 spiro atoms. The molecule has 3 aromatic rings. The highest BCUT2D eigenvalue weighted by atomic mass is 35.5. The molecule has 0 unspecified atom stereocenters. The van der Waals surface area contributed by atoms with Crippen molar-refractivity contribution in [3.05, 3.63) is 82.3 Å². The molecule has 1 N–H and O–H groups in total. The molecule has 0 radical (unpaired) electrons. The summed E-state index contributed by atoms with van der Waals surface area (Å²) in [6.07, 6.45) is 0. The van der Waals surface area contributed by atoms with E-state index in [9.17, 15) is 13.2 Å². The molecular formula is C23H22Cl2N2O4S. The van der Waals surface area contributed by atoms with Crippen LogP contribution in [0.5, 0.6) is 5.75 Å². The van der Waals surface area contributed by atoms with E-state index in [0.29, 0.717) is 39.3 Å². The first-order valence-corrected chi connectivity index (χ1v) is 12.0. The molecule has 9 heteroatoms. The summed E-state index contributed by atoms with van der Waals surface area (Å²) < 4.78 is 33.3. The maximum absolute atomic E-state index is 13.4. The van der Waals surface area contributed by atoms with E-state index in [0.717, 1.165) is 4.31 Å². The van der Waals surface area contributed by atoms with Crippen LogP contribution < -0.4 is 14.4 Å². The van der Waals surface area contributed by atoms with Crippen molar-refractivity contribution in [2.45, 2.75) is 18.7 Å². The highest BCUT2D eigenvalue weighted by molar-refractivity contribution is 7.92. The zero-order valence-electron chi connectivity index (χ0n) is 17.5. The third-order valence-electron chi connectivity index (χ3n) is 4.67. The maximum Gasteiger partial charge on any atom is 0.264 e. The van der Waals surface area contributed by atoms with Crippen molar-refractivity contribution < 1.29 is 17.9 Å². The molecule has 6 nitrogen and oxygen atoms in total. The minimum Gasteiger partial charge on any atom is -0.494 e. The zero-order valence-corrected chi connectivity index (χ0v) is 19.8. The van der Waals surface area contributed by atoms with Crippen LogP contribution in [0.15, 0.2) is 71.6 Å². The van der Waals surface area contributed by atoms with E-state index in [1.807, 2.05) is 6.92 Å². The van der Waals surface area contributed by atoms with E-state index in [2.05, 4.69) is 5.32 Å². The van der Waals surface area contributed by atoms with Gasteiger partial charge in [-0.25, -0.2) is 8.42 Å². The fourth-order valence-corrected chi connectivity index (χ4v) is 4.71. The monoisotopic (exact) mass is 492 g/mol. The van der Waals surface area contributed by atoms with Gasteiger partial charge in [0.25, 0.3) is 10.0 Å². The Hall–Kier alpha value is -2.74. The van der Waals surface area contributed by atoms with Gasteiger partial charge in [0.2, 0.25) is 5.91 Å². The molecule has 0 heterocycles. The van der Waals surface area contributed by atoms with E-state index in [1.54, 1.807) is 49.4 Å². The van der Waals surface area contributed by atoms with Crippen molar-refractivity contribution >= 4 is 50.5 Å². The Morgan fingerprint density at radius 3 is 2.28 bits per heavy atom. The van der Waals surface area contributed by atoms with Gasteiger partial charge >= 0.3 is 0 Å². The van der Waals surface area contributed by atoms with Crippen LogP contribution in [-0.4, -0.2) is 27.5 Å². The molecule has 32 heavy (non-hydrogen) atoms. The minimum absolute atomic E-state index is 0.0162. The van der Waals surface area contributed by atoms with Gasteiger partial charge in [-0.05, 0) is 80.1 Å². The van der Waals surface area contributed by atoms with Crippen molar-refractivity contribution in [1.82, 2.24) is 0 Å². The molecule has 0 fully saturated rings. The number of benzene rings is 3. The first-order chi connectivity index (χ1) is 15.2. The normalized spacial score (nSPS) is 11.1. The summed E-state index contributed by atoms with van der Waals surface area (Å²) in [7, 11) is -4.05. The number of rotatable bonds is 8. The van der Waals surface area contributed by atoms with Crippen molar-refractivity contribution in [2.75, 3.05) is 22.8 Å². The van der Waals surface area contributed by atoms with Crippen LogP contribution in [0, 0.1) is 6.92 Å². The Bertz CT molecular complexity index is 1200. The molecule has 0 bridgehead atoms. The maximum atomic E-state index is 13.4. The van der Waals surface area contributed by atoms with Crippen LogP contribution in [-0.2, 0) is 14.8 Å². The molecule has 0 aliphatic carbocycles. The lowest BCUT2D eigenvalue weighted by atomic mass is 10.2. The van der Waals surface area contributed by atoms with Crippen molar-refractivity contribution in [3.8, 4) is 5.75 Å². The summed E-state index contributed by atoms with van der Waals surface area (Å²) in [5, 5.41) is 3.65. The van der Waals surface area contributed by atoms with Crippen LogP contribution in [0.25, 0.3) is 0 Å². The van der Waals surface area contributed by atoms with Gasteiger partial charge in [0.05, 0.1) is 17.2 Å². The Morgan fingerprint density at radius 2 is 1.66 bits per heavy atom. The third kappa shape index (κ3) is 5.54. The quantitative estimate of drug-likeness (QED) is 0.448. The molecule has 0 atom stereocenters. The molecule has 0 saturated heterocycles. The molecule has 0 saturated carbocycles. The number of hydrogen-bond donors (Lipinski definition) is 1. The fourth-order valence-electron chi connectivity index (χ4n) is 2.99. The van der Waals surface area contributed by atoms with Crippen molar-refractivity contribution in [2.24, 2.45) is 0 Å². The Balaban J connectivity index is 1.95. The number of carbonyl (C=O) groups excluding carboxylic acids is 1. The second-order valence-electron chi connectivity index (χ2n) is 6.85. The van der Waals surface area contributed by atoms with E-state index in [4.69, 9.17) is 27.9 Å². The van der Waals surface area contributed by atoms with Crippen LogP contribution in [0.1, 0.15) is 12.5 Å². The van der Waals surface area contributed by atoms with Gasteiger partial charge in [-0.2, -0.15) is 0 Å². The van der Waals surface area contributed by atoms with Crippen LogP contribution in [0.2, 0.25) is 10.0 Å². The van der Waals surface area contributed by atoms with Gasteiger partial charge in [0, 0.05) is 15.7 Å². The average molecular weight is 493 g/mol. The number of ether oxygens (including phenoxy) is 1. The molecule has 1 amide bonds. The van der Waals surface area contributed by atoms with Gasteiger partial charge in [0.15, 0.2) is 0 Å². The second-order valence-corrected chi connectivity index (χ2v) is 9.56. The number of amides is 1. The van der Waals surface area contributed by atoms with Crippen LogP contribution >= 0.6 is 23.2 Å². The number of sulfonamides is 1. The third-order valence-corrected chi connectivity index (χ3v) is 7.12. The molecule has 168 valence electrons. The molecule has 3 aromatic carbocycles. The van der Waals surface area contributed by atoms with Crippen molar-refractivity contribution in [1.29, 1.82) is 0 Å². The van der Waals surface area contributed by atoms with Gasteiger partial charge in [-0.1, -0.05) is 29.3 Å². The number of halogens is 2. The summed E-state index contributed by atoms with van der Waals surface area (Å²) in [6.45, 7) is 3.67. The number of nitrogens with one attached hydrogen (secondary N) is 1. The lowest BCUT2D eigenvalue weighted by Gasteiger charge is -2.24. The largest absolute Gasteiger partial charge is 0.494 e. The average Bonchev–Trinajstić information content (AvgIpc) is 2.76. The topological polar surface area (TPSA) is 75.7 Å². The van der Waals surface area contributed by atoms with E-state index in [-0.39, 0.29) is 4.90 Å². The predicted octanol–water partition coefficient (Wildman–Crippen LogP) is 5.53. The lowest BCUT2D eigenvalue weighted by molar-refractivity contribution is -0.114. The van der Waals surface area contributed by atoms with Crippen LogP contribution in [0.3, 0.4) is 0 Å². The molecule has 0 aliphatic rings. The summed E-state index contributed by atoms with van der Waals surface area (Å²) in [5.41, 5.74) is 1.52.